The Morgan fingerprint density at radius 1 is 0.844 bits per heavy atom. The number of carboxylic acid groups (broad SMARTS) is 1. The number of furan rings is 1. The summed E-state index contributed by atoms with van der Waals surface area (Å²) in [5, 5.41) is 8.88. The molecular formula is C25H26O6S. The number of aromatic carboxylic acids is 1. The third-order valence-electron chi connectivity index (χ3n) is 4.64. The van der Waals surface area contributed by atoms with Crippen LogP contribution < -0.4 is 9.47 Å². The van der Waals surface area contributed by atoms with Gasteiger partial charge in [-0.3, -0.25) is 4.79 Å². The van der Waals surface area contributed by atoms with Crippen LogP contribution >= 0.6 is 11.8 Å². The lowest BCUT2D eigenvalue weighted by atomic mass is 10.2. The van der Waals surface area contributed by atoms with Gasteiger partial charge in [0.1, 0.15) is 30.5 Å². The number of carbonyl (C=O) groups excluding carboxylic acids is 1. The highest BCUT2D eigenvalue weighted by atomic mass is 32.2. The van der Waals surface area contributed by atoms with Crippen molar-refractivity contribution in [3.63, 3.8) is 0 Å². The van der Waals surface area contributed by atoms with Gasteiger partial charge in [0.15, 0.2) is 0 Å². The minimum absolute atomic E-state index is 0.0879. The average Bonchev–Trinajstić information content (AvgIpc) is 3.33. The number of Topliss-reactive ketones (excluding diaryl/α,β-unsaturated/α-hetero) is 1. The molecule has 1 heterocycles. The molecule has 0 unspecified atom stereocenters. The Bertz CT molecular complexity index is 965. The number of thioether (sulfide) groups is 1. The fourth-order valence-corrected chi connectivity index (χ4v) is 3.83. The lowest BCUT2D eigenvalue weighted by Crippen LogP contribution is -2.19. The Morgan fingerprint density at radius 2 is 1.50 bits per heavy atom. The molecule has 1 aromatic heterocycles. The Morgan fingerprint density at radius 3 is 2.09 bits per heavy atom. The molecule has 3 aromatic rings. The summed E-state index contributed by atoms with van der Waals surface area (Å²) < 4.78 is 16.2. The molecule has 7 heteroatoms. The summed E-state index contributed by atoms with van der Waals surface area (Å²) in [5.74, 6) is 1.96. The molecule has 0 bridgehead atoms. The molecule has 0 spiro atoms. The van der Waals surface area contributed by atoms with Crippen LogP contribution in [-0.2, 0) is 11.2 Å². The second-order valence-electron chi connectivity index (χ2n) is 7.16. The van der Waals surface area contributed by atoms with E-state index in [1.54, 1.807) is 6.26 Å². The summed E-state index contributed by atoms with van der Waals surface area (Å²) >= 11 is 1.81. The molecular weight excluding hydrogens is 428 g/mol. The van der Waals surface area contributed by atoms with Gasteiger partial charge in [-0.2, -0.15) is 0 Å². The maximum atomic E-state index is 12.0. The summed E-state index contributed by atoms with van der Waals surface area (Å²) in [7, 11) is 0. The minimum Gasteiger partial charge on any atom is -0.486 e. The van der Waals surface area contributed by atoms with Crippen molar-refractivity contribution in [3.8, 4) is 11.5 Å². The molecule has 0 aliphatic carbocycles. The van der Waals surface area contributed by atoms with Crippen LogP contribution in [0, 0.1) is 0 Å². The largest absolute Gasteiger partial charge is 0.486 e. The molecule has 0 fully saturated rings. The standard InChI is InChI=1S/C25H26O6S/c26-20(17-30-22-9-7-19(8-10-22)25(27)28)18-31-23-11-13-24(14-12-23)32-16-3-1-2-5-21-6-4-15-29-21/h4,6-15H,1-3,5,16-18H2,(H,27,28). The number of unbranched alkanes of at least 4 members (excludes halogenated alkanes) is 2. The molecule has 0 saturated heterocycles. The van der Waals surface area contributed by atoms with Gasteiger partial charge in [-0.25, -0.2) is 4.79 Å². The van der Waals surface area contributed by atoms with Crippen molar-refractivity contribution in [1.29, 1.82) is 0 Å². The highest BCUT2D eigenvalue weighted by Crippen LogP contribution is 2.23. The van der Waals surface area contributed by atoms with Gasteiger partial charge >= 0.3 is 5.97 Å². The first kappa shape index (κ1) is 23.5. The molecule has 2 aromatic carbocycles. The Kier molecular flexibility index (Phi) is 9.25. The molecule has 6 nitrogen and oxygen atoms in total. The smallest absolute Gasteiger partial charge is 0.335 e. The normalized spacial score (nSPS) is 10.6. The van der Waals surface area contributed by atoms with Crippen molar-refractivity contribution < 1.29 is 28.6 Å². The lowest BCUT2D eigenvalue weighted by molar-refractivity contribution is -0.123. The Balaban J connectivity index is 1.28. The van der Waals surface area contributed by atoms with E-state index in [1.807, 2.05) is 48.2 Å². The van der Waals surface area contributed by atoms with Crippen molar-refractivity contribution in [2.24, 2.45) is 0 Å². The first-order valence-corrected chi connectivity index (χ1v) is 11.4. The second-order valence-corrected chi connectivity index (χ2v) is 8.32. The van der Waals surface area contributed by atoms with E-state index in [9.17, 15) is 9.59 Å². The van der Waals surface area contributed by atoms with Crippen LogP contribution in [-0.4, -0.2) is 35.8 Å². The van der Waals surface area contributed by atoms with Gasteiger partial charge in [0.25, 0.3) is 0 Å². The van der Waals surface area contributed by atoms with Gasteiger partial charge in [-0.1, -0.05) is 6.42 Å². The number of benzene rings is 2. The first-order chi connectivity index (χ1) is 15.6. The predicted octanol–water partition coefficient (Wildman–Crippen LogP) is 5.51. The molecule has 0 amide bonds. The van der Waals surface area contributed by atoms with Crippen LogP contribution in [0.1, 0.15) is 35.4 Å². The number of hydrogen-bond acceptors (Lipinski definition) is 6. The summed E-state index contributed by atoms with van der Waals surface area (Å²) in [6.07, 6.45) is 6.16. The zero-order chi connectivity index (χ0) is 22.6. The molecule has 32 heavy (non-hydrogen) atoms. The molecule has 0 radical (unpaired) electrons. The van der Waals surface area contributed by atoms with E-state index in [0.717, 1.165) is 30.8 Å². The number of aryl methyl sites for hydroxylation is 1. The Labute approximate surface area is 191 Å². The summed E-state index contributed by atoms with van der Waals surface area (Å²) in [6, 6.07) is 17.5. The number of hydrogen-bond donors (Lipinski definition) is 1. The third-order valence-corrected chi connectivity index (χ3v) is 5.74. The highest BCUT2D eigenvalue weighted by Gasteiger charge is 2.07. The molecule has 3 rings (SSSR count). The lowest BCUT2D eigenvalue weighted by Gasteiger charge is -2.08. The zero-order valence-electron chi connectivity index (χ0n) is 17.7. The van der Waals surface area contributed by atoms with E-state index in [0.29, 0.717) is 11.5 Å². The van der Waals surface area contributed by atoms with Crippen LogP contribution in [0.25, 0.3) is 0 Å². The predicted molar refractivity (Wildman–Crippen MR) is 123 cm³/mol. The number of ketones is 1. The van der Waals surface area contributed by atoms with Crippen molar-refractivity contribution in [2.45, 2.75) is 30.6 Å². The van der Waals surface area contributed by atoms with Gasteiger partial charge in [0.05, 0.1) is 11.8 Å². The van der Waals surface area contributed by atoms with Crippen molar-refractivity contribution in [2.75, 3.05) is 19.0 Å². The number of ether oxygens (including phenoxy) is 2. The highest BCUT2D eigenvalue weighted by molar-refractivity contribution is 7.99. The molecule has 0 atom stereocenters. The quantitative estimate of drug-likeness (QED) is 0.254. The van der Waals surface area contributed by atoms with Gasteiger partial charge < -0.3 is 19.0 Å². The average molecular weight is 455 g/mol. The van der Waals surface area contributed by atoms with Gasteiger partial charge in [-0.05, 0) is 79.3 Å². The molecule has 0 aliphatic rings. The topological polar surface area (TPSA) is 86.0 Å². The van der Waals surface area contributed by atoms with Crippen LogP contribution in [0.5, 0.6) is 11.5 Å². The number of carboxylic acids is 1. The van der Waals surface area contributed by atoms with Crippen LogP contribution in [0.4, 0.5) is 0 Å². The van der Waals surface area contributed by atoms with Crippen LogP contribution in [0.2, 0.25) is 0 Å². The van der Waals surface area contributed by atoms with E-state index in [1.165, 1.54) is 35.6 Å². The van der Waals surface area contributed by atoms with E-state index in [-0.39, 0.29) is 24.6 Å². The fraction of sp³-hybridized carbons (Fsp3) is 0.280. The van der Waals surface area contributed by atoms with E-state index >= 15 is 0 Å². The van der Waals surface area contributed by atoms with E-state index in [4.69, 9.17) is 19.0 Å². The van der Waals surface area contributed by atoms with Gasteiger partial charge in [-0.15, -0.1) is 11.8 Å². The molecule has 0 saturated carbocycles. The zero-order valence-corrected chi connectivity index (χ0v) is 18.5. The summed E-state index contributed by atoms with van der Waals surface area (Å²) in [6.45, 7) is -0.227. The summed E-state index contributed by atoms with van der Waals surface area (Å²) in [5.41, 5.74) is 0.165. The number of rotatable bonds is 14. The van der Waals surface area contributed by atoms with Crippen molar-refractivity contribution >= 4 is 23.5 Å². The molecule has 1 N–H and O–H groups in total. The third kappa shape index (κ3) is 8.15. The van der Waals surface area contributed by atoms with E-state index < -0.39 is 5.97 Å². The fourth-order valence-electron chi connectivity index (χ4n) is 2.92. The minimum atomic E-state index is -1.01. The summed E-state index contributed by atoms with van der Waals surface area (Å²) in [4.78, 5) is 24.0. The van der Waals surface area contributed by atoms with Gasteiger partial charge in [0.2, 0.25) is 5.78 Å². The maximum Gasteiger partial charge on any atom is 0.335 e. The molecule has 168 valence electrons. The molecule has 0 aliphatic heterocycles. The second kappa shape index (κ2) is 12.6. The van der Waals surface area contributed by atoms with Crippen LogP contribution in [0.15, 0.2) is 76.2 Å². The van der Waals surface area contributed by atoms with Crippen molar-refractivity contribution in [3.05, 3.63) is 78.3 Å². The maximum absolute atomic E-state index is 12.0. The first-order valence-electron chi connectivity index (χ1n) is 10.5. The van der Waals surface area contributed by atoms with Crippen molar-refractivity contribution in [1.82, 2.24) is 0 Å². The Hall–Kier alpha value is -3.19. The van der Waals surface area contributed by atoms with Crippen LogP contribution in [0.3, 0.4) is 0 Å². The number of carbonyl (C=O) groups is 2. The van der Waals surface area contributed by atoms with E-state index in [2.05, 4.69) is 0 Å². The SMILES string of the molecule is O=C(COc1ccc(SCCCCCc2ccco2)cc1)COc1ccc(C(=O)O)cc1. The monoisotopic (exact) mass is 454 g/mol. The van der Waals surface area contributed by atoms with Gasteiger partial charge in [0, 0.05) is 11.3 Å².